The SMILES string of the molecule is CN1CCCc2cc(C=CCCl)ccc21. The number of hydrogen-bond acceptors (Lipinski definition) is 1. The molecule has 1 aliphatic heterocycles. The zero-order chi connectivity index (χ0) is 10.7. The summed E-state index contributed by atoms with van der Waals surface area (Å²) in [5.41, 5.74) is 4.09. The Morgan fingerprint density at radius 3 is 3.13 bits per heavy atom. The lowest BCUT2D eigenvalue weighted by Gasteiger charge is -2.27. The topological polar surface area (TPSA) is 3.24 Å². The van der Waals surface area contributed by atoms with E-state index in [0.717, 1.165) is 0 Å². The van der Waals surface area contributed by atoms with Gasteiger partial charge in [0.25, 0.3) is 0 Å². The first-order valence-corrected chi connectivity index (χ1v) is 5.91. The Kier molecular flexibility index (Phi) is 3.32. The van der Waals surface area contributed by atoms with Gasteiger partial charge in [-0.15, -0.1) is 11.6 Å². The van der Waals surface area contributed by atoms with Crippen LogP contribution in [-0.2, 0) is 6.42 Å². The highest BCUT2D eigenvalue weighted by Crippen LogP contribution is 2.27. The van der Waals surface area contributed by atoms with Crippen LogP contribution in [0.4, 0.5) is 5.69 Å². The van der Waals surface area contributed by atoms with Crippen molar-refractivity contribution in [2.45, 2.75) is 12.8 Å². The molecule has 1 aromatic rings. The number of rotatable bonds is 2. The molecule has 1 aromatic carbocycles. The number of nitrogens with zero attached hydrogens (tertiary/aromatic N) is 1. The van der Waals surface area contributed by atoms with Crippen molar-refractivity contribution in [3.8, 4) is 0 Å². The standard InChI is InChI=1S/C13H16ClN/c1-15-9-3-5-12-10-11(4-2-8-14)6-7-13(12)15/h2,4,6-7,10H,3,5,8-9H2,1H3. The summed E-state index contributed by atoms with van der Waals surface area (Å²) in [5.74, 6) is 0.580. The lowest BCUT2D eigenvalue weighted by molar-refractivity contribution is 0.744. The van der Waals surface area contributed by atoms with Crippen LogP contribution in [0.25, 0.3) is 6.08 Å². The van der Waals surface area contributed by atoms with Crippen LogP contribution < -0.4 is 4.90 Å². The minimum absolute atomic E-state index is 0.580. The van der Waals surface area contributed by atoms with Crippen LogP contribution >= 0.6 is 11.6 Å². The molecular weight excluding hydrogens is 206 g/mol. The van der Waals surface area contributed by atoms with Gasteiger partial charge in [-0.2, -0.15) is 0 Å². The van der Waals surface area contributed by atoms with E-state index in [1.165, 1.54) is 36.2 Å². The van der Waals surface area contributed by atoms with Gasteiger partial charge in [-0.25, -0.2) is 0 Å². The number of allylic oxidation sites excluding steroid dienone is 1. The summed E-state index contributed by atoms with van der Waals surface area (Å²) < 4.78 is 0. The monoisotopic (exact) mass is 221 g/mol. The van der Waals surface area contributed by atoms with Gasteiger partial charge in [0.15, 0.2) is 0 Å². The van der Waals surface area contributed by atoms with Crippen molar-refractivity contribution in [1.82, 2.24) is 0 Å². The summed E-state index contributed by atoms with van der Waals surface area (Å²) in [6.45, 7) is 1.17. The molecule has 1 heterocycles. The Bertz CT molecular complexity index is 371. The maximum Gasteiger partial charge on any atom is 0.0407 e. The molecule has 0 spiro atoms. The smallest absolute Gasteiger partial charge is 0.0407 e. The van der Waals surface area contributed by atoms with Gasteiger partial charge in [-0.1, -0.05) is 18.2 Å². The average Bonchev–Trinajstić information content (AvgIpc) is 2.26. The first-order valence-electron chi connectivity index (χ1n) is 5.38. The second-order valence-electron chi connectivity index (χ2n) is 3.97. The molecule has 0 radical (unpaired) electrons. The highest BCUT2D eigenvalue weighted by Gasteiger charge is 2.12. The Balaban J connectivity index is 2.29. The molecule has 0 aliphatic carbocycles. The lowest BCUT2D eigenvalue weighted by atomic mass is 9.99. The Hall–Kier alpha value is -0.950. The Morgan fingerprint density at radius 1 is 1.47 bits per heavy atom. The molecule has 0 atom stereocenters. The predicted molar refractivity (Wildman–Crippen MR) is 67.8 cm³/mol. The summed E-state index contributed by atoms with van der Waals surface area (Å²) in [7, 11) is 2.16. The van der Waals surface area contributed by atoms with Gasteiger partial charge >= 0.3 is 0 Å². The van der Waals surface area contributed by atoms with Crippen LogP contribution in [0.3, 0.4) is 0 Å². The third-order valence-corrected chi connectivity index (χ3v) is 3.03. The van der Waals surface area contributed by atoms with Crippen LogP contribution in [-0.4, -0.2) is 19.5 Å². The molecule has 15 heavy (non-hydrogen) atoms. The molecular formula is C13H16ClN. The van der Waals surface area contributed by atoms with Crippen LogP contribution in [0.2, 0.25) is 0 Å². The molecule has 0 bridgehead atoms. The van der Waals surface area contributed by atoms with Crippen LogP contribution in [0.5, 0.6) is 0 Å². The first kappa shape index (κ1) is 10.6. The van der Waals surface area contributed by atoms with E-state index >= 15 is 0 Å². The second kappa shape index (κ2) is 4.71. The van der Waals surface area contributed by atoms with Gasteiger partial charge in [0.1, 0.15) is 0 Å². The van der Waals surface area contributed by atoms with E-state index in [4.69, 9.17) is 11.6 Å². The number of benzene rings is 1. The summed E-state index contributed by atoms with van der Waals surface area (Å²) in [4.78, 5) is 2.33. The molecule has 0 aromatic heterocycles. The van der Waals surface area contributed by atoms with Crippen molar-refractivity contribution >= 4 is 23.4 Å². The molecule has 2 rings (SSSR count). The molecule has 1 aliphatic rings. The second-order valence-corrected chi connectivity index (χ2v) is 4.28. The zero-order valence-corrected chi connectivity index (χ0v) is 9.80. The molecule has 1 nitrogen and oxygen atoms in total. The fourth-order valence-corrected chi connectivity index (χ4v) is 2.18. The first-order chi connectivity index (χ1) is 7.31. The normalized spacial score (nSPS) is 15.7. The van der Waals surface area contributed by atoms with E-state index in [9.17, 15) is 0 Å². The van der Waals surface area contributed by atoms with Crippen molar-refractivity contribution in [3.05, 3.63) is 35.4 Å². The molecule has 2 heteroatoms. The third-order valence-electron chi connectivity index (χ3n) is 2.85. The van der Waals surface area contributed by atoms with Crippen molar-refractivity contribution < 1.29 is 0 Å². The average molecular weight is 222 g/mol. The number of aryl methyl sites for hydroxylation is 1. The van der Waals surface area contributed by atoms with Crippen LogP contribution in [0, 0.1) is 0 Å². The number of alkyl halides is 1. The molecule has 0 unspecified atom stereocenters. The summed E-state index contributed by atoms with van der Waals surface area (Å²) in [6.07, 6.45) is 6.52. The molecule has 0 fully saturated rings. The van der Waals surface area contributed by atoms with E-state index < -0.39 is 0 Å². The van der Waals surface area contributed by atoms with Crippen LogP contribution in [0.15, 0.2) is 24.3 Å². The lowest BCUT2D eigenvalue weighted by Crippen LogP contribution is -2.24. The van der Waals surface area contributed by atoms with E-state index in [2.05, 4.69) is 36.2 Å². The maximum atomic E-state index is 5.62. The highest BCUT2D eigenvalue weighted by atomic mass is 35.5. The Morgan fingerprint density at radius 2 is 2.33 bits per heavy atom. The number of halogens is 1. The van der Waals surface area contributed by atoms with E-state index in [1.807, 2.05) is 6.08 Å². The third kappa shape index (κ3) is 2.35. The van der Waals surface area contributed by atoms with Crippen molar-refractivity contribution in [1.29, 1.82) is 0 Å². The van der Waals surface area contributed by atoms with Gasteiger partial charge in [-0.05, 0) is 36.1 Å². The van der Waals surface area contributed by atoms with E-state index in [0.29, 0.717) is 5.88 Å². The summed E-state index contributed by atoms with van der Waals surface area (Å²) >= 11 is 5.62. The number of anilines is 1. The van der Waals surface area contributed by atoms with Gasteiger partial charge < -0.3 is 4.90 Å². The molecule has 0 saturated carbocycles. The van der Waals surface area contributed by atoms with E-state index in [-0.39, 0.29) is 0 Å². The van der Waals surface area contributed by atoms with Crippen LogP contribution in [0.1, 0.15) is 17.5 Å². The van der Waals surface area contributed by atoms with Gasteiger partial charge in [-0.3, -0.25) is 0 Å². The number of hydrogen-bond donors (Lipinski definition) is 0. The summed E-state index contributed by atoms with van der Waals surface area (Å²) in [6, 6.07) is 6.64. The largest absolute Gasteiger partial charge is 0.374 e. The molecule has 80 valence electrons. The fourth-order valence-electron chi connectivity index (χ4n) is 2.09. The molecule has 0 amide bonds. The quantitative estimate of drug-likeness (QED) is 0.693. The molecule has 0 N–H and O–H groups in total. The summed E-state index contributed by atoms with van der Waals surface area (Å²) in [5, 5.41) is 0. The van der Waals surface area contributed by atoms with Gasteiger partial charge in [0.2, 0.25) is 0 Å². The predicted octanol–water partition coefficient (Wildman–Crippen LogP) is 3.32. The zero-order valence-electron chi connectivity index (χ0n) is 9.04. The Labute approximate surface area is 96.4 Å². The maximum absolute atomic E-state index is 5.62. The van der Waals surface area contributed by atoms with Gasteiger partial charge in [0.05, 0.1) is 0 Å². The minimum atomic E-state index is 0.580. The minimum Gasteiger partial charge on any atom is -0.374 e. The van der Waals surface area contributed by atoms with E-state index in [1.54, 1.807) is 0 Å². The van der Waals surface area contributed by atoms with Gasteiger partial charge in [0, 0.05) is 25.2 Å². The molecule has 0 saturated heterocycles. The van der Waals surface area contributed by atoms with Crippen molar-refractivity contribution in [3.63, 3.8) is 0 Å². The highest BCUT2D eigenvalue weighted by molar-refractivity contribution is 6.19. The number of fused-ring (bicyclic) bond motifs is 1. The fraction of sp³-hybridized carbons (Fsp3) is 0.385. The van der Waals surface area contributed by atoms with Crippen molar-refractivity contribution in [2.75, 3.05) is 24.4 Å². The van der Waals surface area contributed by atoms with Crippen molar-refractivity contribution in [2.24, 2.45) is 0 Å².